The fourth-order valence-corrected chi connectivity index (χ4v) is 9.42. The summed E-state index contributed by atoms with van der Waals surface area (Å²) < 4.78 is 52.5. The second kappa shape index (κ2) is 20.7. The first-order valence-corrected chi connectivity index (χ1v) is 22.8. The van der Waals surface area contributed by atoms with Gasteiger partial charge in [-0.3, -0.25) is 9.59 Å². The molecule has 1 unspecified atom stereocenters. The maximum Gasteiger partial charge on any atom is 0.536 e. The molecule has 6 heterocycles. The Kier molecular flexibility index (Phi) is 16.1. The zero-order valence-corrected chi connectivity index (χ0v) is 36.8. The van der Waals surface area contributed by atoms with Crippen LogP contribution in [0, 0.1) is 23.7 Å². The molecular formula is C46H68BO14-. The molecule has 6 rings (SSSR count). The van der Waals surface area contributed by atoms with E-state index in [9.17, 15) is 29.4 Å². The number of esters is 2. The molecule has 14 nitrogen and oxygen atoms in total. The maximum atomic E-state index is 14.5. The van der Waals surface area contributed by atoms with Crippen LogP contribution in [0.25, 0.3) is 0 Å². The average molecular weight is 856 g/mol. The van der Waals surface area contributed by atoms with Crippen LogP contribution in [0.3, 0.4) is 0 Å². The molecule has 0 radical (unpaired) electrons. The summed E-state index contributed by atoms with van der Waals surface area (Å²) in [7, 11) is 0. The first-order valence-electron chi connectivity index (χ1n) is 22.8. The van der Waals surface area contributed by atoms with E-state index < -0.39 is 103 Å². The molecule has 340 valence electrons. The van der Waals surface area contributed by atoms with Crippen LogP contribution in [0.2, 0.25) is 0 Å². The Balaban J connectivity index is 1.43. The summed E-state index contributed by atoms with van der Waals surface area (Å²) in [5.41, 5.74) is 0. The molecule has 15 atom stereocenters. The summed E-state index contributed by atoms with van der Waals surface area (Å²) >= 11 is 0. The van der Waals surface area contributed by atoms with Gasteiger partial charge in [-0.25, -0.2) is 9.59 Å². The SMILES string of the molecule is C[C@@H]1C(=O)C[C@H](O)CC/C=C/C=C\CC[C@H](C)OC(=O)[C@@H]2O[B-]34O[C@@H](C(=O)O[C@@H](C)CC/C=C\C=C\CC[C@H](O)CC(=O)[C@@H](C)[C@@H]5CC[C@@H](C)[C@]2(O5)O3)[C@@]2(O[C@H]1CC[C@H]2C)O4. The summed E-state index contributed by atoms with van der Waals surface area (Å²) in [4.78, 5) is 56.4. The fourth-order valence-electron chi connectivity index (χ4n) is 9.42. The van der Waals surface area contributed by atoms with Crippen LogP contribution in [0.1, 0.15) is 131 Å². The number of fused-ring (bicyclic) bond motifs is 4. The van der Waals surface area contributed by atoms with Crippen molar-refractivity contribution in [3.8, 4) is 0 Å². The van der Waals surface area contributed by atoms with E-state index in [1.807, 2.05) is 62.5 Å². The minimum absolute atomic E-state index is 0.0710. The Labute approximate surface area is 360 Å². The molecule has 61 heavy (non-hydrogen) atoms. The first-order chi connectivity index (χ1) is 29.1. The number of hydrogen-bond acceptors (Lipinski definition) is 14. The zero-order chi connectivity index (χ0) is 44.0. The molecular weight excluding hydrogens is 787 g/mol. The van der Waals surface area contributed by atoms with Gasteiger partial charge in [-0.1, -0.05) is 76.3 Å². The van der Waals surface area contributed by atoms with Crippen molar-refractivity contribution in [1.82, 2.24) is 0 Å². The van der Waals surface area contributed by atoms with E-state index in [1.54, 1.807) is 27.7 Å². The highest BCUT2D eigenvalue weighted by atomic mass is 17.0. The third-order valence-corrected chi connectivity index (χ3v) is 13.5. The third kappa shape index (κ3) is 11.0. The topological polar surface area (TPSA) is 183 Å². The lowest BCUT2D eigenvalue weighted by Gasteiger charge is -2.49. The van der Waals surface area contributed by atoms with Gasteiger partial charge >= 0.3 is 18.9 Å². The summed E-state index contributed by atoms with van der Waals surface area (Å²) in [6, 6.07) is 0. The predicted molar refractivity (Wildman–Crippen MR) is 224 cm³/mol. The Bertz CT molecular complexity index is 1560. The lowest BCUT2D eigenvalue weighted by molar-refractivity contribution is -0.294. The van der Waals surface area contributed by atoms with Gasteiger partial charge < -0.3 is 47.8 Å². The Morgan fingerprint density at radius 3 is 1.26 bits per heavy atom. The molecule has 3 spiro atoms. The monoisotopic (exact) mass is 855 g/mol. The molecule has 0 aromatic rings. The van der Waals surface area contributed by atoms with Gasteiger partial charge in [-0.15, -0.1) is 0 Å². The standard InChI is InChI=1S/C46H68BO14/c1-29-23-25-39-33(5)37(50)27-35(48)21-17-13-10-8-12-16-20-32(4)55-44(53)42-46-30(2)24-26-40(57-46)34(6)38(51)28-36(49)22-18-14-9-7-11-15-19-31(3)54-43(52)41-45(29,56-39)60-47(58-41,59-42)61-46/h7-14,29-36,39-42,48-49H,15-28H2,1-6H3/q-1/b11-7-,12-8-,13-10+,14-9+/t29-,30-,31+,32+,33-,34-,35-,36+,39+,40+,41+,42+,45+,46+,47?/m1/s1. The van der Waals surface area contributed by atoms with E-state index in [0.29, 0.717) is 77.0 Å². The van der Waals surface area contributed by atoms with Crippen molar-refractivity contribution in [2.75, 3.05) is 0 Å². The number of cyclic esters (lactones) is 2. The Morgan fingerprint density at radius 1 is 0.525 bits per heavy atom. The molecule has 4 saturated heterocycles. The second-order valence-corrected chi connectivity index (χ2v) is 18.3. The number of rotatable bonds is 0. The van der Waals surface area contributed by atoms with E-state index in [2.05, 4.69) is 0 Å². The van der Waals surface area contributed by atoms with E-state index >= 15 is 0 Å². The van der Waals surface area contributed by atoms with Gasteiger partial charge in [0, 0.05) is 36.5 Å². The van der Waals surface area contributed by atoms with Gasteiger partial charge in [0.1, 0.15) is 11.6 Å². The number of Topliss-reactive ketones (excluding diaryl/α,β-unsaturated/α-hetero) is 2. The van der Waals surface area contributed by atoms with Crippen molar-refractivity contribution in [2.24, 2.45) is 23.7 Å². The van der Waals surface area contributed by atoms with Gasteiger partial charge in [0.15, 0.2) is 23.8 Å². The van der Waals surface area contributed by atoms with Crippen molar-refractivity contribution >= 4 is 30.5 Å². The smallest absolute Gasteiger partial charge is 0.504 e. The molecule has 15 heteroatoms. The highest BCUT2D eigenvalue weighted by molar-refractivity contribution is 6.56. The van der Waals surface area contributed by atoms with Gasteiger partial charge in [-0.05, 0) is 90.9 Å². The molecule has 2 N–H and O–H groups in total. The molecule has 0 saturated carbocycles. The number of aliphatic hydroxyl groups is 2. The van der Waals surface area contributed by atoms with Crippen molar-refractivity contribution in [3.05, 3.63) is 48.6 Å². The van der Waals surface area contributed by atoms with Crippen LogP contribution in [0.4, 0.5) is 0 Å². The van der Waals surface area contributed by atoms with Crippen molar-refractivity contribution in [3.63, 3.8) is 0 Å². The fraction of sp³-hybridized carbons (Fsp3) is 0.739. The average Bonchev–Trinajstić information content (AvgIpc) is 3.70. The minimum Gasteiger partial charge on any atom is -0.504 e. The van der Waals surface area contributed by atoms with Crippen LogP contribution in [0.15, 0.2) is 48.6 Å². The molecule has 7 bridgehead atoms. The lowest BCUT2D eigenvalue weighted by atomic mass is 9.82. The van der Waals surface area contributed by atoms with Crippen molar-refractivity contribution < 1.29 is 67.0 Å². The number of hydrogen-bond donors (Lipinski definition) is 2. The maximum absolute atomic E-state index is 14.5. The van der Waals surface area contributed by atoms with Crippen LogP contribution < -0.4 is 0 Å². The predicted octanol–water partition coefficient (Wildman–Crippen LogP) is 6.42. The number of ether oxygens (including phenoxy) is 4. The number of carbonyl (C=O) groups excluding carboxylic acids is 4. The molecule has 0 amide bonds. The lowest BCUT2D eigenvalue weighted by Crippen LogP contribution is -2.59. The minimum atomic E-state index is -3.51. The van der Waals surface area contributed by atoms with Gasteiger partial charge in [0.25, 0.3) is 0 Å². The van der Waals surface area contributed by atoms with E-state index in [4.69, 9.17) is 37.6 Å². The van der Waals surface area contributed by atoms with E-state index in [0.717, 1.165) is 0 Å². The van der Waals surface area contributed by atoms with Gasteiger partial charge in [0.2, 0.25) is 0 Å². The number of aliphatic hydroxyl groups excluding tert-OH is 2. The third-order valence-electron chi connectivity index (χ3n) is 13.5. The second-order valence-electron chi connectivity index (χ2n) is 18.3. The van der Waals surface area contributed by atoms with Gasteiger partial charge in [0.05, 0.1) is 36.6 Å². The largest absolute Gasteiger partial charge is 0.536 e. The molecule has 6 aliphatic rings. The summed E-state index contributed by atoms with van der Waals surface area (Å²) in [5.74, 6) is -8.24. The Hall–Kier alpha value is -3.02. The molecule has 0 aromatic heterocycles. The molecule has 6 aliphatic heterocycles. The van der Waals surface area contributed by atoms with Crippen molar-refractivity contribution in [1.29, 1.82) is 0 Å². The highest BCUT2D eigenvalue weighted by Crippen LogP contribution is 2.55. The van der Waals surface area contributed by atoms with Crippen molar-refractivity contribution in [2.45, 2.75) is 192 Å². The number of allylic oxidation sites excluding steroid dienone is 8. The van der Waals surface area contributed by atoms with Crippen LogP contribution in [0.5, 0.6) is 0 Å². The van der Waals surface area contributed by atoms with Crippen LogP contribution >= 0.6 is 0 Å². The normalized spacial score (nSPS) is 46.2. The van der Waals surface area contributed by atoms with Crippen LogP contribution in [-0.2, 0) is 56.7 Å². The first kappa shape index (κ1) is 47.5. The van der Waals surface area contributed by atoms with Gasteiger partial charge in [-0.2, -0.15) is 0 Å². The summed E-state index contributed by atoms with van der Waals surface area (Å²) in [6.45, 7) is 7.23. The number of ketones is 2. The van der Waals surface area contributed by atoms with E-state index in [-0.39, 0.29) is 24.4 Å². The summed E-state index contributed by atoms with van der Waals surface area (Å²) in [6.07, 6.45) is 13.6. The number of carbonyl (C=O) groups is 4. The highest BCUT2D eigenvalue weighted by Gasteiger charge is 2.72. The Morgan fingerprint density at radius 2 is 0.885 bits per heavy atom. The molecule has 0 aromatic carbocycles. The quantitative estimate of drug-likeness (QED) is 0.201. The van der Waals surface area contributed by atoms with E-state index in [1.165, 1.54) is 0 Å². The molecule has 0 aliphatic carbocycles. The summed E-state index contributed by atoms with van der Waals surface area (Å²) in [5, 5.41) is 21.7. The zero-order valence-electron chi connectivity index (χ0n) is 36.8. The molecule has 4 fully saturated rings. The van der Waals surface area contributed by atoms with Crippen LogP contribution in [-0.4, -0.2) is 101 Å².